The summed E-state index contributed by atoms with van der Waals surface area (Å²) in [5, 5.41) is 3.22. The van der Waals surface area contributed by atoms with Crippen molar-refractivity contribution in [2.75, 3.05) is 17.0 Å². The number of rotatable bonds is 7. The van der Waals surface area contributed by atoms with Crippen molar-refractivity contribution in [3.8, 4) is 0 Å². The van der Waals surface area contributed by atoms with Crippen molar-refractivity contribution in [1.29, 1.82) is 0 Å². The van der Waals surface area contributed by atoms with Crippen molar-refractivity contribution >= 4 is 15.7 Å². The smallest absolute Gasteiger partial charge is 0.232 e. The van der Waals surface area contributed by atoms with Crippen molar-refractivity contribution in [2.24, 2.45) is 5.41 Å². The second kappa shape index (κ2) is 7.09. The van der Waals surface area contributed by atoms with Crippen LogP contribution in [0.3, 0.4) is 0 Å². The first kappa shape index (κ1) is 17.0. The van der Waals surface area contributed by atoms with Crippen LogP contribution >= 0.6 is 0 Å². The van der Waals surface area contributed by atoms with Gasteiger partial charge in [0, 0.05) is 12.2 Å². The molecule has 0 bridgehead atoms. The molecule has 0 unspecified atom stereocenters. The Morgan fingerprint density at radius 2 is 1.90 bits per heavy atom. The number of hydrogen-bond acceptors (Lipinski definition) is 3. The van der Waals surface area contributed by atoms with Gasteiger partial charge in [0.25, 0.3) is 0 Å². The molecule has 0 fully saturated rings. The van der Waals surface area contributed by atoms with Crippen molar-refractivity contribution in [2.45, 2.75) is 40.7 Å². The Balaban J connectivity index is 2.67. The predicted octanol–water partition coefficient (Wildman–Crippen LogP) is 2.97. The third kappa shape index (κ3) is 6.91. The number of benzene rings is 1. The van der Waals surface area contributed by atoms with E-state index in [1.54, 1.807) is 6.07 Å². The average Bonchev–Trinajstić information content (AvgIpc) is 2.33. The number of hydrogen-bond donors (Lipinski definition) is 2. The summed E-state index contributed by atoms with van der Waals surface area (Å²) in [6.07, 6.45) is 0.638. The van der Waals surface area contributed by atoms with Crippen molar-refractivity contribution < 1.29 is 8.42 Å². The standard InChI is InChI=1S/C15H26N2O2S/c1-5-16-12-13-7-6-8-14(11-13)17-20(18,19)10-9-15(2,3)4/h6-8,11,16-17H,5,9-10,12H2,1-4H3. The summed E-state index contributed by atoms with van der Waals surface area (Å²) in [5.41, 5.74) is 1.72. The molecule has 0 aromatic heterocycles. The highest BCUT2D eigenvalue weighted by molar-refractivity contribution is 7.92. The van der Waals surface area contributed by atoms with Crippen LogP contribution in [0, 0.1) is 5.41 Å². The van der Waals surface area contributed by atoms with Crippen LogP contribution in [0.1, 0.15) is 39.7 Å². The maximum Gasteiger partial charge on any atom is 0.232 e. The van der Waals surface area contributed by atoms with Gasteiger partial charge >= 0.3 is 0 Å². The van der Waals surface area contributed by atoms with E-state index in [-0.39, 0.29) is 11.2 Å². The van der Waals surface area contributed by atoms with Crippen molar-refractivity contribution in [3.05, 3.63) is 29.8 Å². The fraction of sp³-hybridized carbons (Fsp3) is 0.600. The highest BCUT2D eigenvalue weighted by Gasteiger charge is 2.17. The molecule has 0 spiro atoms. The molecule has 5 heteroatoms. The number of anilines is 1. The van der Waals surface area contributed by atoms with Gasteiger partial charge in [-0.15, -0.1) is 0 Å². The first-order valence-electron chi connectivity index (χ1n) is 7.02. The van der Waals surface area contributed by atoms with Crippen LogP contribution in [-0.4, -0.2) is 20.7 Å². The molecule has 2 N–H and O–H groups in total. The maximum atomic E-state index is 12.0. The second-order valence-corrected chi connectivity index (χ2v) is 8.05. The third-order valence-electron chi connectivity index (χ3n) is 2.90. The van der Waals surface area contributed by atoms with E-state index in [9.17, 15) is 8.42 Å². The van der Waals surface area contributed by atoms with Gasteiger partial charge in [0.15, 0.2) is 0 Å². The SMILES string of the molecule is CCNCc1cccc(NS(=O)(=O)CCC(C)(C)C)c1. The molecule has 1 aromatic rings. The quantitative estimate of drug-likeness (QED) is 0.813. The fourth-order valence-corrected chi connectivity index (χ4v) is 3.15. The van der Waals surface area contributed by atoms with Crippen LogP contribution in [0.5, 0.6) is 0 Å². The van der Waals surface area contributed by atoms with Gasteiger partial charge in [-0.3, -0.25) is 4.72 Å². The van der Waals surface area contributed by atoms with Gasteiger partial charge in [0.05, 0.1) is 5.75 Å². The van der Waals surface area contributed by atoms with Gasteiger partial charge in [-0.05, 0) is 36.1 Å². The van der Waals surface area contributed by atoms with E-state index in [4.69, 9.17) is 0 Å². The predicted molar refractivity (Wildman–Crippen MR) is 85.3 cm³/mol. The Bertz CT molecular complexity index is 519. The zero-order valence-electron chi connectivity index (χ0n) is 12.9. The zero-order valence-corrected chi connectivity index (χ0v) is 13.7. The van der Waals surface area contributed by atoms with Gasteiger partial charge in [-0.25, -0.2) is 8.42 Å². The summed E-state index contributed by atoms with van der Waals surface area (Å²) >= 11 is 0. The van der Waals surface area contributed by atoms with Crippen LogP contribution in [-0.2, 0) is 16.6 Å². The molecule has 114 valence electrons. The topological polar surface area (TPSA) is 58.2 Å². The van der Waals surface area contributed by atoms with Crippen LogP contribution in [0.25, 0.3) is 0 Å². The molecule has 0 amide bonds. The molecule has 0 atom stereocenters. The monoisotopic (exact) mass is 298 g/mol. The molecule has 0 heterocycles. The van der Waals surface area contributed by atoms with E-state index in [0.717, 1.165) is 18.7 Å². The minimum atomic E-state index is -3.28. The maximum absolute atomic E-state index is 12.0. The number of sulfonamides is 1. The molecule has 0 aliphatic rings. The minimum absolute atomic E-state index is 0.0155. The van der Waals surface area contributed by atoms with Gasteiger partial charge < -0.3 is 5.32 Å². The zero-order chi connectivity index (χ0) is 15.2. The van der Waals surface area contributed by atoms with E-state index in [1.165, 1.54) is 0 Å². The van der Waals surface area contributed by atoms with E-state index in [1.807, 2.05) is 45.9 Å². The lowest BCUT2D eigenvalue weighted by Crippen LogP contribution is -2.21. The fourth-order valence-electron chi connectivity index (χ4n) is 1.69. The molecule has 0 saturated heterocycles. The largest absolute Gasteiger partial charge is 0.313 e. The molecule has 0 aliphatic heterocycles. The van der Waals surface area contributed by atoms with Crippen LogP contribution in [0.15, 0.2) is 24.3 Å². The van der Waals surface area contributed by atoms with Gasteiger partial charge in [-0.1, -0.05) is 39.8 Å². The molecule has 0 saturated carbocycles. The first-order chi connectivity index (χ1) is 9.22. The summed E-state index contributed by atoms with van der Waals surface area (Å²) in [6.45, 7) is 9.80. The Labute approximate surface area is 123 Å². The molecular weight excluding hydrogens is 272 g/mol. The Kier molecular flexibility index (Phi) is 6.02. The lowest BCUT2D eigenvalue weighted by atomic mass is 9.94. The molecule has 0 aliphatic carbocycles. The van der Waals surface area contributed by atoms with Crippen LogP contribution < -0.4 is 10.0 Å². The summed E-state index contributed by atoms with van der Waals surface area (Å²) in [7, 11) is -3.28. The van der Waals surface area contributed by atoms with E-state index in [0.29, 0.717) is 12.1 Å². The van der Waals surface area contributed by atoms with Crippen LogP contribution in [0.2, 0.25) is 0 Å². The van der Waals surface area contributed by atoms with Crippen LogP contribution in [0.4, 0.5) is 5.69 Å². The molecular formula is C15H26N2O2S. The first-order valence-corrected chi connectivity index (χ1v) is 8.67. The normalized spacial score (nSPS) is 12.4. The summed E-state index contributed by atoms with van der Waals surface area (Å²) in [4.78, 5) is 0. The van der Waals surface area contributed by atoms with E-state index >= 15 is 0 Å². The molecule has 0 radical (unpaired) electrons. The summed E-state index contributed by atoms with van der Waals surface area (Å²) < 4.78 is 26.7. The molecule has 4 nitrogen and oxygen atoms in total. The number of nitrogens with one attached hydrogen (secondary N) is 2. The minimum Gasteiger partial charge on any atom is -0.313 e. The highest BCUT2D eigenvalue weighted by atomic mass is 32.2. The average molecular weight is 298 g/mol. The van der Waals surface area contributed by atoms with Gasteiger partial charge in [-0.2, -0.15) is 0 Å². The summed E-state index contributed by atoms with van der Waals surface area (Å²) in [6, 6.07) is 7.51. The summed E-state index contributed by atoms with van der Waals surface area (Å²) in [5.74, 6) is 0.147. The molecule has 1 rings (SSSR count). The third-order valence-corrected chi connectivity index (χ3v) is 4.19. The van der Waals surface area contributed by atoms with Gasteiger partial charge in [0.2, 0.25) is 10.0 Å². The Morgan fingerprint density at radius 3 is 2.50 bits per heavy atom. The lowest BCUT2D eigenvalue weighted by Gasteiger charge is -2.18. The Hall–Kier alpha value is -1.07. The van der Waals surface area contributed by atoms with E-state index < -0.39 is 10.0 Å². The van der Waals surface area contributed by atoms with Gasteiger partial charge in [0.1, 0.15) is 0 Å². The molecule has 1 aromatic carbocycles. The van der Waals surface area contributed by atoms with Crippen molar-refractivity contribution in [1.82, 2.24) is 5.32 Å². The Morgan fingerprint density at radius 1 is 1.20 bits per heavy atom. The lowest BCUT2D eigenvalue weighted by molar-refractivity contribution is 0.397. The second-order valence-electron chi connectivity index (χ2n) is 6.21. The highest BCUT2D eigenvalue weighted by Crippen LogP contribution is 2.20. The van der Waals surface area contributed by atoms with E-state index in [2.05, 4.69) is 10.0 Å². The van der Waals surface area contributed by atoms with Crippen molar-refractivity contribution in [3.63, 3.8) is 0 Å². The molecule has 20 heavy (non-hydrogen) atoms.